The van der Waals surface area contributed by atoms with Crippen LogP contribution >= 0.6 is 0 Å². The molecule has 0 aromatic carbocycles. The van der Waals surface area contributed by atoms with Crippen LogP contribution in [-0.4, -0.2) is 29.7 Å². The molecule has 1 unspecified atom stereocenters. The van der Waals surface area contributed by atoms with Gasteiger partial charge in [0.1, 0.15) is 0 Å². The summed E-state index contributed by atoms with van der Waals surface area (Å²) in [5.41, 5.74) is 5.84. The van der Waals surface area contributed by atoms with E-state index in [9.17, 15) is 18.0 Å². The number of alkyl halides is 3. The average molecular weight is 291 g/mol. The van der Waals surface area contributed by atoms with Gasteiger partial charge >= 0.3 is 6.18 Å². The van der Waals surface area contributed by atoms with Crippen LogP contribution in [0.4, 0.5) is 13.2 Å². The van der Waals surface area contributed by atoms with E-state index in [1.807, 2.05) is 0 Å². The van der Waals surface area contributed by atoms with Crippen LogP contribution in [0.1, 0.15) is 18.9 Å². The van der Waals surface area contributed by atoms with Gasteiger partial charge in [0.05, 0.1) is 0 Å². The maximum atomic E-state index is 12.1. The standard InChI is InChI=1S/C12H16F3N3O2/c1-8(16)5-10(19)18-6-9-3-2-4-17-11(9)20-7-12(13,14)15/h2-4,8H,5-7,16H2,1H3,(H,18,19). The molecule has 0 saturated carbocycles. The maximum absolute atomic E-state index is 12.1. The summed E-state index contributed by atoms with van der Waals surface area (Å²) < 4.78 is 40.9. The van der Waals surface area contributed by atoms with Crippen molar-refractivity contribution in [2.75, 3.05) is 6.61 Å². The van der Waals surface area contributed by atoms with E-state index in [1.165, 1.54) is 12.3 Å². The van der Waals surface area contributed by atoms with E-state index in [-0.39, 0.29) is 30.8 Å². The van der Waals surface area contributed by atoms with Gasteiger partial charge in [0, 0.05) is 30.8 Å². The summed E-state index contributed by atoms with van der Waals surface area (Å²) in [7, 11) is 0. The smallest absolute Gasteiger partial charge is 0.422 e. The van der Waals surface area contributed by atoms with Crippen LogP contribution in [0, 0.1) is 0 Å². The molecule has 0 aliphatic rings. The zero-order valence-corrected chi connectivity index (χ0v) is 10.9. The second kappa shape index (κ2) is 7.09. The van der Waals surface area contributed by atoms with Crippen LogP contribution in [0.2, 0.25) is 0 Å². The summed E-state index contributed by atoms with van der Waals surface area (Å²) in [6.07, 6.45) is -2.98. The average Bonchev–Trinajstić information content (AvgIpc) is 2.33. The van der Waals surface area contributed by atoms with Crippen molar-refractivity contribution in [1.29, 1.82) is 0 Å². The fourth-order valence-corrected chi connectivity index (χ4v) is 1.40. The van der Waals surface area contributed by atoms with E-state index >= 15 is 0 Å². The number of rotatable bonds is 6. The minimum absolute atomic E-state index is 0.0343. The van der Waals surface area contributed by atoms with Crippen molar-refractivity contribution in [3.05, 3.63) is 23.9 Å². The lowest BCUT2D eigenvalue weighted by molar-refractivity contribution is -0.154. The van der Waals surface area contributed by atoms with Crippen LogP contribution in [0.5, 0.6) is 5.88 Å². The van der Waals surface area contributed by atoms with Crippen LogP contribution < -0.4 is 15.8 Å². The molecule has 1 rings (SSSR count). The molecule has 1 aromatic heterocycles. The molecule has 0 aliphatic carbocycles. The first-order chi connectivity index (χ1) is 9.28. The molecule has 0 bridgehead atoms. The van der Waals surface area contributed by atoms with Gasteiger partial charge in [0.15, 0.2) is 6.61 Å². The largest absolute Gasteiger partial charge is 0.468 e. The molecule has 112 valence electrons. The molecular formula is C12H16F3N3O2. The van der Waals surface area contributed by atoms with Gasteiger partial charge in [-0.3, -0.25) is 4.79 Å². The Morgan fingerprint density at radius 2 is 2.25 bits per heavy atom. The Balaban J connectivity index is 2.59. The number of nitrogens with zero attached hydrogens (tertiary/aromatic N) is 1. The number of carbonyl (C=O) groups excluding carboxylic acids is 1. The normalized spacial score (nSPS) is 12.8. The highest BCUT2D eigenvalue weighted by Gasteiger charge is 2.29. The lowest BCUT2D eigenvalue weighted by Crippen LogP contribution is -2.29. The first kappa shape index (κ1) is 16.2. The number of aromatic nitrogens is 1. The van der Waals surface area contributed by atoms with Crippen molar-refractivity contribution in [1.82, 2.24) is 10.3 Å². The number of hydrogen-bond donors (Lipinski definition) is 2. The van der Waals surface area contributed by atoms with E-state index in [0.717, 1.165) is 0 Å². The Bertz CT molecular complexity index is 450. The Morgan fingerprint density at radius 3 is 2.85 bits per heavy atom. The molecular weight excluding hydrogens is 275 g/mol. The molecule has 5 nitrogen and oxygen atoms in total. The van der Waals surface area contributed by atoms with Gasteiger partial charge in [-0.05, 0) is 13.0 Å². The Morgan fingerprint density at radius 1 is 1.55 bits per heavy atom. The predicted molar refractivity (Wildman–Crippen MR) is 65.9 cm³/mol. The molecule has 8 heteroatoms. The molecule has 0 aliphatic heterocycles. The van der Waals surface area contributed by atoms with Crippen molar-refractivity contribution >= 4 is 5.91 Å². The second-order valence-corrected chi connectivity index (χ2v) is 4.33. The molecule has 1 atom stereocenters. The van der Waals surface area contributed by atoms with Gasteiger partial charge in [-0.1, -0.05) is 6.07 Å². The lowest BCUT2D eigenvalue weighted by atomic mass is 10.2. The quantitative estimate of drug-likeness (QED) is 0.830. The van der Waals surface area contributed by atoms with Gasteiger partial charge in [0.25, 0.3) is 0 Å². The number of carbonyl (C=O) groups is 1. The maximum Gasteiger partial charge on any atom is 0.422 e. The highest BCUT2D eigenvalue weighted by molar-refractivity contribution is 5.76. The first-order valence-corrected chi connectivity index (χ1v) is 5.93. The summed E-state index contributed by atoms with van der Waals surface area (Å²) in [6.45, 7) is 0.291. The highest BCUT2D eigenvalue weighted by Crippen LogP contribution is 2.19. The van der Waals surface area contributed by atoms with Crippen LogP contribution in [0.25, 0.3) is 0 Å². The summed E-state index contributed by atoms with van der Waals surface area (Å²) >= 11 is 0. The zero-order chi connectivity index (χ0) is 15.2. The Kier molecular flexibility index (Phi) is 5.75. The summed E-state index contributed by atoms with van der Waals surface area (Å²) in [4.78, 5) is 15.1. The number of nitrogens with one attached hydrogen (secondary N) is 1. The number of halogens is 3. The SMILES string of the molecule is CC(N)CC(=O)NCc1cccnc1OCC(F)(F)F. The van der Waals surface area contributed by atoms with Crippen molar-refractivity contribution in [2.45, 2.75) is 32.1 Å². The molecule has 1 amide bonds. The summed E-state index contributed by atoms with van der Waals surface area (Å²) in [6, 6.07) is 2.79. The van der Waals surface area contributed by atoms with E-state index in [0.29, 0.717) is 5.56 Å². The molecule has 0 radical (unpaired) electrons. The molecule has 0 spiro atoms. The molecule has 1 heterocycles. The lowest BCUT2D eigenvalue weighted by Gasteiger charge is -2.12. The second-order valence-electron chi connectivity index (χ2n) is 4.33. The van der Waals surface area contributed by atoms with Crippen molar-refractivity contribution < 1.29 is 22.7 Å². The third kappa shape index (κ3) is 6.37. The van der Waals surface area contributed by atoms with Gasteiger partial charge in [0.2, 0.25) is 11.8 Å². The summed E-state index contributed by atoms with van der Waals surface area (Å²) in [5.74, 6) is -0.434. The number of ether oxygens (including phenoxy) is 1. The van der Waals surface area contributed by atoms with Crippen LogP contribution in [0.15, 0.2) is 18.3 Å². The third-order valence-corrected chi connectivity index (χ3v) is 2.21. The minimum atomic E-state index is -4.44. The number of hydrogen-bond acceptors (Lipinski definition) is 4. The van der Waals surface area contributed by atoms with Crippen molar-refractivity contribution in [2.24, 2.45) is 5.73 Å². The number of amides is 1. The van der Waals surface area contributed by atoms with E-state index in [2.05, 4.69) is 15.0 Å². The topological polar surface area (TPSA) is 77.2 Å². The van der Waals surface area contributed by atoms with E-state index in [4.69, 9.17) is 5.73 Å². The van der Waals surface area contributed by atoms with Gasteiger partial charge < -0.3 is 15.8 Å². The number of pyridine rings is 1. The molecule has 3 N–H and O–H groups in total. The van der Waals surface area contributed by atoms with Crippen LogP contribution in [0.3, 0.4) is 0 Å². The van der Waals surface area contributed by atoms with Gasteiger partial charge in [-0.2, -0.15) is 13.2 Å². The van der Waals surface area contributed by atoms with E-state index in [1.54, 1.807) is 13.0 Å². The van der Waals surface area contributed by atoms with Gasteiger partial charge in [-0.15, -0.1) is 0 Å². The number of nitrogens with two attached hydrogens (primary N) is 1. The van der Waals surface area contributed by atoms with Crippen LogP contribution in [-0.2, 0) is 11.3 Å². The fourth-order valence-electron chi connectivity index (χ4n) is 1.40. The predicted octanol–water partition coefficient (Wildman–Crippen LogP) is 1.38. The molecule has 0 saturated heterocycles. The zero-order valence-electron chi connectivity index (χ0n) is 10.9. The van der Waals surface area contributed by atoms with E-state index < -0.39 is 12.8 Å². The van der Waals surface area contributed by atoms with Gasteiger partial charge in [-0.25, -0.2) is 4.98 Å². The molecule has 20 heavy (non-hydrogen) atoms. The monoisotopic (exact) mass is 291 g/mol. The molecule has 1 aromatic rings. The summed E-state index contributed by atoms with van der Waals surface area (Å²) in [5, 5.41) is 2.55. The highest BCUT2D eigenvalue weighted by atomic mass is 19.4. The fraction of sp³-hybridized carbons (Fsp3) is 0.500. The minimum Gasteiger partial charge on any atom is -0.468 e. The van der Waals surface area contributed by atoms with Crippen molar-refractivity contribution in [3.8, 4) is 5.88 Å². The third-order valence-electron chi connectivity index (χ3n) is 2.21. The first-order valence-electron chi connectivity index (χ1n) is 5.93. The Hall–Kier alpha value is -1.83. The molecule has 0 fully saturated rings. The van der Waals surface area contributed by atoms with Crippen molar-refractivity contribution in [3.63, 3.8) is 0 Å². The Labute approximate surface area is 114 Å².